The molecule has 0 bridgehead atoms. The molecule has 0 saturated heterocycles. The molecule has 0 aliphatic carbocycles. The molecule has 0 saturated carbocycles. The molecule has 1 nitrogen and oxygen atoms in total. The lowest BCUT2D eigenvalue weighted by Gasteiger charge is -2.18. The zero-order valence-corrected chi connectivity index (χ0v) is 12.8. The van der Waals surface area contributed by atoms with Gasteiger partial charge < -0.3 is 5.73 Å². The van der Waals surface area contributed by atoms with Gasteiger partial charge in [0.25, 0.3) is 0 Å². The van der Waals surface area contributed by atoms with E-state index >= 15 is 0 Å². The SMILES string of the molecule is NCC(Cc1ccc(Cl)cc1Cl)c1c(F)cccc1Cl. The van der Waals surface area contributed by atoms with Gasteiger partial charge in [-0.05, 0) is 42.8 Å². The zero-order chi connectivity index (χ0) is 14.7. The van der Waals surface area contributed by atoms with Gasteiger partial charge in [0.1, 0.15) is 5.82 Å². The highest BCUT2D eigenvalue weighted by Gasteiger charge is 2.19. The Morgan fingerprint density at radius 2 is 1.80 bits per heavy atom. The molecular formula is C15H13Cl3FN. The van der Waals surface area contributed by atoms with Gasteiger partial charge >= 0.3 is 0 Å². The molecule has 2 aromatic rings. The van der Waals surface area contributed by atoms with Crippen LogP contribution in [0.3, 0.4) is 0 Å². The first-order chi connectivity index (χ1) is 9.52. The van der Waals surface area contributed by atoms with Crippen molar-refractivity contribution in [3.05, 3.63) is 68.4 Å². The average molecular weight is 333 g/mol. The van der Waals surface area contributed by atoms with Crippen LogP contribution in [0.5, 0.6) is 0 Å². The van der Waals surface area contributed by atoms with Crippen LogP contribution in [-0.4, -0.2) is 6.54 Å². The van der Waals surface area contributed by atoms with E-state index < -0.39 is 0 Å². The normalized spacial score (nSPS) is 12.4. The number of nitrogens with two attached hydrogens (primary N) is 1. The summed E-state index contributed by atoms with van der Waals surface area (Å²) in [6.45, 7) is 0.277. The smallest absolute Gasteiger partial charge is 0.128 e. The van der Waals surface area contributed by atoms with Crippen molar-refractivity contribution in [1.82, 2.24) is 0 Å². The maximum Gasteiger partial charge on any atom is 0.128 e. The largest absolute Gasteiger partial charge is 0.330 e. The Bertz CT molecular complexity index is 596. The Hall–Kier alpha value is -0.800. The van der Waals surface area contributed by atoms with Crippen molar-refractivity contribution in [2.45, 2.75) is 12.3 Å². The van der Waals surface area contributed by atoms with E-state index in [-0.39, 0.29) is 18.3 Å². The van der Waals surface area contributed by atoms with Crippen LogP contribution in [0.15, 0.2) is 36.4 Å². The number of hydrogen-bond acceptors (Lipinski definition) is 1. The Morgan fingerprint density at radius 1 is 1.05 bits per heavy atom. The molecule has 2 N–H and O–H groups in total. The van der Waals surface area contributed by atoms with Crippen LogP contribution < -0.4 is 5.73 Å². The van der Waals surface area contributed by atoms with Crippen LogP contribution in [0.4, 0.5) is 4.39 Å². The Labute approximate surface area is 132 Å². The van der Waals surface area contributed by atoms with E-state index in [1.807, 2.05) is 6.07 Å². The lowest BCUT2D eigenvalue weighted by molar-refractivity contribution is 0.576. The fraction of sp³-hybridized carbons (Fsp3) is 0.200. The van der Waals surface area contributed by atoms with E-state index in [1.54, 1.807) is 24.3 Å². The van der Waals surface area contributed by atoms with Gasteiger partial charge in [-0.25, -0.2) is 4.39 Å². The summed E-state index contributed by atoms with van der Waals surface area (Å²) in [5, 5.41) is 1.49. The minimum Gasteiger partial charge on any atom is -0.330 e. The summed E-state index contributed by atoms with van der Waals surface area (Å²) in [6.07, 6.45) is 0.507. The van der Waals surface area contributed by atoms with Gasteiger partial charge in [0.05, 0.1) is 0 Å². The summed E-state index contributed by atoms with van der Waals surface area (Å²) in [4.78, 5) is 0. The highest BCUT2D eigenvalue weighted by Crippen LogP contribution is 2.32. The molecule has 1 atom stereocenters. The molecule has 0 fully saturated rings. The van der Waals surface area contributed by atoms with Gasteiger partial charge in [-0.15, -0.1) is 0 Å². The third-order valence-electron chi connectivity index (χ3n) is 3.17. The zero-order valence-electron chi connectivity index (χ0n) is 10.5. The van der Waals surface area contributed by atoms with Crippen LogP contribution in [0.2, 0.25) is 15.1 Å². The van der Waals surface area contributed by atoms with Gasteiger partial charge in [-0.2, -0.15) is 0 Å². The number of halogens is 4. The number of hydrogen-bond donors (Lipinski definition) is 1. The first kappa shape index (κ1) is 15.6. The van der Waals surface area contributed by atoms with Crippen molar-refractivity contribution in [2.75, 3.05) is 6.54 Å². The Balaban J connectivity index is 2.34. The molecule has 0 amide bonds. The van der Waals surface area contributed by atoms with E-state index in [1.165, 1.54) is 6.07 Å². The molecule has 2 aromatic carbocycles. The number of rotatable bonds is 4. The lowest BCUT2D eigenvalue weighted by Crippen LogP contribution is -2.17. The summed E-state index contributed by atoms with van der Waals surface area (Å²) < 4.78 is 14.0. The van der Waals surface area contributed by atoms with Gasteiger partial charge in [-0.3, -0.25) is 0 Å². The molecule has 106 valence electrons. The molecule has 1 unspecified atom stereocenters. The second-order valence-electron chi connectivity index (χ2n) is 4.51. The predicted molar refractivity (Wildman–Crippen MR) is 83.4 cm³/mol. The second kappa shape index (κ2) is 6.77. The van der Waals surface area contributed by atoms with Gasteiger partial charge in [0.15, 0.2) is 0 Å². The van der Waals surface area contributed by atoms with Gasteiger partial charge in [-0.1, -0.05) is 46.9 Å². The molecule has 2 rings (SSSR count). The third kappa shape index (κ3) is 3.44. The summed E-state index contributed by atoms with van der Waals surface area (Å²) in [7, 11) is 0. The Morgan fingerprint density at radius 3 is 2.40 bits per heavy atom. The van der Waals surface area contributed by atoms with E-state index in [0.717, 1.165) is 5.56 Å². The van der Waals surface area contributed by atoms with Crippen LogP contribution >= 0.6 is 34.8 Å². The molecule has 0 heterocycles. The van der Waals surface area contributed by atoms with Crippen LogP contribution in [0, 0.1) is 5.82 Å². The molecule has 5 heteroatoms. The van der Waals surface area contributed by atoms with Gasteiger partial charge in [0.2, 0.25) is 0 Å². The summed E-state index contributed by atoms with van der Waals surface area (Å²) in [5.41, 5.74) is 7.08. The monoisotopic (exact) mass is 331 g/mol. The van der Waals surface area contributed by atoms with Gasteiger partial charge in [0, 0.05) is 26.5 Å². The molecule has 0 aliphatic rings. The van der Waals surface area contributed by atoms with Crippen molar-refractivity contribution in [3.8, 4) is 0 Å². The maximum atomic E-state index is 14.0. The van der Waals surface area contributed by atoms with E-state index in [0.29, 0.717) is 27.1 Å². The van der Waals surface area contributed by atoms with Crippen molar-refractivity contribution >= 4 is 34.8 Å². The standard InChI is InChI=1S/C15H13Cl3FN/c16-11-5-4-9(13(18)7-11)6-10(8-20)15-12(17)2-1-3-14(15)19/h1-5,7,10H,6,8,20H2. The van der Waals surface area contributed by atoms with Crippen molar-refractivity contribution in [3.63, 3.8) is 0 Å². The summed E-state index contributed by atoms with van der Waals surface area (Å²) in [6, 6.07) is 9.85. The van der Waals surface area contributed by atoms with Crippen LogP contribution in [0.1, 0.15) is 17.0 Å². The summed E-state index contributed by atoms with van der Waals surface area (Å²) >= 11 is 18.1. The fourth-order valence-corrected chi connectivity index (χ4v) is 2.96. The first-order valence-corrected chi connectivity index (χ1v) is 7.24. The van der Waals surface area contributed by atoms with Crippen molar-refractivity contribution in [2.24, 2.45) is 5.73 Å². The average Bonchev–Trinajstić information content (AvgIpc) is 2.39. The van der Waals surface area contributed by atoms with Crippen LogP contribution in [-0.2, 0) is 6.42 Å². The second-order valence-corrected chi connectivity index (χ2v) is 5.76. The minimum atomic E-state index is -0.349. The molecule has 0 radical (unpaired) electrons. The molecule has 0 spiro atoms. The first-order valence-electron chi connectivity index (χ1n) is 6.10. The topological polar surface area (TPSA) is 26.0 Å². The third-order valence-corrected chi connectivity index (χ3v) is 4.09. The highest BCUT2D eigenvalue weighted by molar-refractivity contribution is 6.35. The van der Waals surface area contributed by atoms with E-state index in [9.17, 15) is 4.39 Å². The quantitative estimate of drug-likeness (QED) is 0.831. The van der Waals surface area contributed by atoms with Crippen molar-refractivity contribution in [1.29, 1.82) is 0 Å². The summed E-state index contributed by atoms with van der Waals surface area (Å²) in [5.74, 6) is -0.583. The molecule has 20 heavy (non-hydrogen) atoms. The molecule has 0 aromatic heterocycles. The van der Waals surface area contributed by atoms with Crippen molar-refractivity contribution < 1.29 is 4.39 Å². The minimum absolute atomic E-state index is 0.234. The van der Waals surface area contributed by atoms with E-state index in [4.69, 9.17) is 40.5 Å². The van der Waals surface area contributed by atoms with Crippen LogP contribution in [0.25, 0.3) is 0 Å². The lowest BCUT2D eigenvalue weighted by atomic mass is 9.91. The molecule has 0 aliphatic heterocycles. The number of benzene rings is 2. The maximum absolute atomic E-state index is 14.0. The molecular weight excluding hydrogens is 320 g/mol. The van der Waals surface area contributed by atoms with E-state index in [2.05, 4.69) is 0 Å². The predicted octanol–water partition coefficient (Wildman–Crippen LogP) is 5.07. The Kier molecular flexibility index (Phi) is 5.28. The fourth-order valence-electron chi connectivity index (χ4n) is 2.16. The highest BCUT2D eigenvalue weighted by atomic mass is 35.5.